The number of amides is 2. The Hall–Kier alpha value is -4.78. The first-order valence-corrected chi connectivity index (χ1v) is 13.9. The number of H-pyrrole nitrogens is 1. The average Bonchev–Trinajstić information content (AvgIpc) is 3.65. The number of hydrogen-bond acceptors (Lipinski definition) is 4. The molecule has 210 valence electrons. The van der Waals surface area contributed by atoms with Crippen LogP contribution in [0.2, 0.25) is 0 Å². The highest BCUT2D eigenvalue weighted by Crippen LogP contribution is 2.20. The minimum Gasteiger partial charge on any atom is -0.467 e. The van der Waals surface area contributed by atoms with Crippen LogP contribution in [0.5, 0.6) is 0 Å². The number of aromatic nitrogens is 1. The van der Waals surface area contributed by atoms with Gasteiger partial charge in [-0.1, -0.05) is 60.7 Å². The van der Waals surface area contributed by atoms with Crippen molar-refractivity contribution in [2.75, 3.05) is 32.1 Å². The standard InChI is InChI=1S/C34H36N4O3/c1-36(2)29-16-14-27(15-17-29)23-37(19-18-28-22-35-32-13-7-6-12-31(28)32)34(40)25-38(24-30-11-8-20-41-30)33(39)21-26-9-4-3-5-10-26/h3-17,20,22,35H,18-19,21,23-25H2,1-2H3. The molecule has 0 aliphatic carbocycles. The molecule has 0 aliphatic heterocycles. The summed E-state index contributed by atoms with van der Waals surface area (Å²) >= 11 is 0. The fourth-order valence-electron chi connectivity index (χ4n) is 4.97. The quantitative estimate of drug-likeness (QED) is 0.218. The third-order valence-corrected chi connectivity index (χ3v) is 7.31. The molecule has 0 radical (unpaired) electrons. The van der Waals surface area contributed by atoms with E-state index in [0.29, 0.717) is 25.3 Å². The Bertz CT molecular complexity index is 1560. The zero-order valence-corrected chi connectivity index (χ0v) is 23.6. The van der Waals surface area contributed by atoms with Crippen LogP contribution in [0.25, 0.3) is 10.9 Å². The molecule has 0 atom stereocenters. The van der Waals surface area contributed by atoms with E-state index >= 15 is 0 Å². The molecule has 2 aromatic heterocycles. The summed E-state index contributed by atoms with van der Waals surface area (Å²) in [5, 5.41) is 1.16. The molecule has 0 unspecified atom stereocenters. The van der Waals surface area contributed by atoms with Gasteiger partial charge in [0, 0.05) is 50.0 Å². The molecule has 0 saturated heterocycles. The fourth-order valence-corrected chi connectivity index (χ4v) is 4.97. The van der Waals surface area contributed by atoms with Crippen molar-refractivity contribution in [3.8, 4) is 0 Å². The van der Waals surface area contributed by atoms with E-state index in [1.54, 1.807) is 17.2 Å². The third-order valence-electron chi connectivity index (χ3n) is 7.31. The summed E-state index contributed by atoms with van der Waals surface area (Å²) in [6.45, 7) is 1.18. The van der Waals surface area contributed by atoms with Gasteiger partial charge in [0.25, 0.3) is 0 Å². The van der Waals surface area contributed by atoms with Gasteiger partial charge >= 0.3 is 0 Å². The SMILES string of the molecule is CN(C)c1ccc(CN(CCc2c[nH]c3ccccc23)C(=O)CN(Cc2ccco2)C(=O)Cc2ccccc2)cc1. The van der Waals surface area contributed by atoms with Crippen LogP contribution in [-0.4, -0.2) is 53.8 Å². The normalized spacial score (nSPS) is 11.0. The fraction of sp³-hybridized carbons (Fsp3) is 0.235. The largest absolute Gasteiger partial charge is 0.467 e. The number of benzene rings is 3. The molecule has 7 heteroatoms. The van der Waals surface area contributed by atoms with E-state index in [4.69, 9.17) is 4.42 Å². The van der Waals surface area contributed by atoms with E-state index in [-0.39, 0.29) is 31.3 Å². The molecule has 0 spiro atoms. The Balaban J connectivity index is 1.36. The Morgan fingerprint density at radius 3 is 2.24 bits per heavy atom. The zero-order chi connectivity index (χ0) is 28.6. The monoisotopic (exact) mass is 548 g/mol. The molecule has 2 amide bonds. The minimum atomic E-state index is -0.118. The van der Waals surface area contributed by atoms with Crippen LogP contribution in [0.15, 0.2) is 108 Å². The number of anilines is 1. The molecule has 0 aliphatic rings. The van der Waals surface area contributed by atoms with Crippen LogP contribution < -0.4 is 4.90 Å². The Kier molecular flexibility index (Phi) is 8.84. The van der Waals surface area contributed by atoms with Gasteiger partial charge in [-0.2, -0.15) is 0 Å². The van der Waals surface area contributed by atoms with Gasteiger partial charge in [0.15, 0.2) is 0 Å². The van der Waals surface area contributed by atoms with Gasteiger partial charge < -0.3 is 24.1 Å². The second-order valence-corrected chi connectivity index (χ2v) is 10.5. The van der Waals surface area contributed by atoms with Gasteiger partial charge in [0.2, 0.25) is 11.8 Å². The Morgan fingerprint density at radius 2 is 1.51 bits per heavy atom. The number of nitrogens with zero attached hydrogens (tertiary/aromatic N) is 3. The topological polar surface area (TPSA) is 72.8 Å². The maximum atomic E-state index is 13.9. The molecule has 0 fully saturated rings. The third kappa shape index (κ3) is 7.25. The van der Waals surface area contributed by atoms with Crippen molar-refractivity contribution in [2.24, 2.45) is 0 Å². The number of aromatic amines is 1. The molecule has 0 bridgehead atoms. The van der Waals surface area contributed by atoms with Crippen LogP contribution in [-0.2, 0) is 35.5 Å². The molecular weight excluding hydrogens is 512 g/mol. The summed E-state index contributed by atoms with van der Waals surface area (Å²) in [4.78, 5) is 36.2. The maximum absolute atomic E-state index is 13.9. The number of hydrogen-bond donors (Lipinski definition) is 1. The minimum absolute atomic E-state index is 0.0317. The number of rotatable bonds is 12. The second-order valence-electron chi connectivity index (χ2n) is 10.5. The van der Waals surface area contributed by atoms with E-state index in [1.165, 1.54) is 0 Å². The summed E-state index contributed by atoms with van der Waals surface area (Å²) in [5.74, 6) is 0.422. The second kappa shape index (κ2) is 13.0. The van der Waals surface area contributed by atoms with Gasteiger partial charge in [-0.15, -0.1) is 0 Å². The predicted molar refractivity (Wildman–Crippen MR) is 162 cm³/mol. The van der Waals surface area contributed by atoms with Crippen molar-refractivity contribution in [3.05, 3.63) is 126 Å². The number of furan rings is 1. The lowest BCUT2D eigenvalue weighted by molar-refractivity contribution is -0.141. The van der Waals surface area contributed by atoms with Crippen molar-refractivity contribution < 1.29 is 14.0 Å². The van der Waals surface area contributed by atoms with Crippen LogP contribution in [0.3, 0.4) is 0 Å². The van der Waals surface area contributed by atoms with Crippen molar-refractivity contribution in [1.29, 1.82) is 0 Å². The lowest BCUT2D eigenvalue weighted by atomic mass is 10.1. The highest BCUT2D eigenvalue weighted by atomic mass is 16.3. The van der Waals surface area contributed by atoms with Crippen LogP contribution in [0.4, 0.5) is 5.69 Å². The van der Waals surface area contributed by atoms with Gasteiger partial charge in [0.1, 0.15) is 12.3 Å². The number of carbonyl (C=O) groups is 2. The molecular formula is C34H36N4O3. The molecule has 5 aromatic rings. The number of fused-ring (bicyclic) bond motifs is 1. The molecule has 2 heterocycles. The van der Waals surface area contributed by atoms with Crippen LogP contribution in [0, 0.1) is 0 Å². The maximum Gasteiger partial charge on any atom is 0.242 e. The number of nitrogens with one attached hydrogen (secondary N) is 1. The average molecular weight is 549 g/mol. The van der Waals surface area contributed by atoms with Crippen LogP contribution >= 0.6 is 0 Å². The first kappa shape index (κ1) is 27.8. The molecule has 3 aromatic carbocycles. The first-order valence-electron chi connectivity index (χ1n) is 13.9. The van der Waals surface area contributed by atoms with E-state index in [2.05, 4.69) is 46.3 Å². The lowest BCUT2D eigenvalue weighted by Gasteiger charge is -2.28. The van der Waals surface area contributed by atoms with Gasteiger partial charge in [-0.05, 0) is 53.4 Å². The van der Waals surface area contributed by atoms with Gasteiger partial charge in [-0.25, -0.2) is 0 Å². The van der Waals surface area contributed by atoms with Crippen molar-refractivity contribution in [3.63, 3.8) is 0 Å². The lowest BCUT2D eigenvalue weighted by Crippen LogP contribution is -2.43. The number of carbonyl (C=O) groups excluding carboxylic acids is 2. The van der Waals surface area contributed by atoms with Gasteiger partial charge in [-0.3, -0.25) is 9.59 Å². The molecule has 0 saturated carbocycles. The molecule has 7 nitrogen and oxygen atoms in total. The summed E-state index contributed by atoms with van der Waals surface area (Å²) in [6, 6.07) is 29.7. The van der Waals surface area contributed by atoms with Crippen molar-refractivity contribution in [2.45, 2.75) is 25.9 Å². The Morgan fingerprint density at radius 1 is 0.756 bits per heavy atom. The van der Waals surface area contributed by atoms with E-state index < -0.39 is 0 Å². The van der Waals surface area contributed by atoms with Crippen LogP contribution in [0.1, 0.15) is 22.5 Å². The predicted octanol–water partition coefficient (Wildman–Crippen LogP) is 5.67. The summed E-state index contributed by atoms with van der Waals surface area (Å²) < 4.78 is 5.54. The zero-order valence-electron chi connectivity index (χ0n) is 23.6. The highest BCUT2D eigenvalue weighted by Gasteiger charge is 2.23. The van der Waals surface area contributed by atoms with E-state index in [9.17, 15) is 9.59 Å². The molecule has 5 rings (SSSR count). The Labute approximate surface area is 241 Å². The van der Waals surface area contributed by atoms with E-state index in [0.717, 1.165) is 33.3 Å². The van der Waals surface area contributed by atoms with Crippen molar-refractivity contribution >= 4 is 28.4 Å². The molecule has 41 heavy (non-hydrogen) atoms. The van der Waals surface area contributed by atoms with Gasteiger partial charge in [0.05, 0.1) is 19.2 Å². The first-order chi connectivity index (χ1) is 20.0. The highest BCUT2D eigenvalue weighted by molar-refractivity contribution is 5.86. The summed E-state index contributed by atoms with van der Waals surface area (Å²) in [6.07, 6.45) is 4.52. The smallest absolute Gasteiger partial charge is 0.242 e. The number of para-hydroxylation sites is 1. The molecule has 1 N–H and O–H groups in total. The van der Waals surface area contributed by atoms with E-state index in [1.807, 2.05) is 73.7 Å². The van der Waals surface area contributed by atoms with Crippen molar-refractivity contribution in [1.82, 2.24) is 14.8 Å². The summed E-state index contributed by atoms with van der Waals surface area (Å²) in [5.41, 5.74) is 5.29. The summed E-state index contributed by atoms with van der Waals surface area (Å²) in [7, 11) is 4.01.